The van der Waals surface area contributed by atoms with Crippen LogP contribution < -0.4 is 10.6 Å². The highest BCUT2D eigenvalue weighted by molar-refractivity contribution is 9.10. The zero-order valence-corrected chi connectivity index (χ0v) is 13.9. The van der Waals surface area contributed by atoms with Gasteiger partial charge < -0.3 is 10.6 Å². The van der Waals surface area contributed by atoms with Gasteiger partial charge in [-0.15, -0.1) is 0 Å². The molecule has 0 spiro atoms. The number of benzene rings is 2. The second-order valence-electron chi connectivity index (χ2n) is 4.83. The highest BCUT2D eigenvalue weighted by Gasteiger charge is 2.08. The van der Waals surface area contributed by atoms with E-state index in [1.807, 2.05) is 30.3 Å². The van der Waals surface area contributed by atoms with Crippen molar-refractivity contribution < 1.29 is 4.39 Å². The van der Waals surface area contributed by atoms with Crippen LogP contribution >= 0.6 is 15.9 Å². The summed E-state index contributed by atoms with van der Waals surface area (Å²) in [6, 6.07) is 16.4. The average molecular weight is 373 g/mol. The molecule has 0 fully saturated rings. The largest absolute Gasteiger partial charge is 0.357 e. The molecule has 1 aromatic heterocycles. The molecule has 0 saturated heterocycles. The monoisotopic (exact) mass is 372 g/mol. The highest BCUT2D eigenvalue weighted by atomic mass is 79.9. The summed E-state index contributed by atoms with van der Waals surface area (Å²) in [6.45, 7) is 0. The zero-order valence-electron chi connectivity index (χ0n) is 12.3. The van der Waals surface area contributed by atoms with Crippen LogP contribution in [-0.4, -0.2) is 17.0 Å². The Balaban J connectivity index is 1.99. The number of hydrogen-bond acceptors (Lipinski definition) is 4. The Morgan fingerprint density at radius 3 is 2.48 bits per heavy atom. The van der Waals surface area contributed by atoms with Gasteiger partial charge in [0.1, 0.15) is 11.6 Å². The van der Waals surface area contributed by atoms with Crippen molar-refractivity contribution in [3.63, 3.8) is 0 Å². The standard InChI is InChI=1S/C17H14BrFN4/c1-20-17-22-15(11-5-3-2-4-6-11)10-16(23-17)21-14-8-7-12(18)9-13(14)19/h2-10H,1H3,(H2,20,21,22,23). The number of anilines is 3. The van der Waals surface area contributed by atoms with Gasteiger partial charge in [-0.1, -0.05) is 46.3 Å². The minimum atomic E-state index is -0.356. The summed E-state index contributed by atoms with van der Waals surface area (Å²) in [5.74, 6) is 0.626. The van der Waals surface area contributed by atoms with Gasteiger partial charge in [0.25, 0.3) is 0 Å². The number of aromatic nitrogens is 2. The van der Waals surface area contributed by atoms with Crippen molar-refractivity contribution in [2.24, 2.45) is 0 Å². The van der Waals surface area contributed by atoms with Crippen LogP contribution in [0.15, 0.2) is 59.1 Å². The van der Waals surface area contributed by atoms with Crippen molar-refractivity contribution in [3.05, 3.63) is 64.9 Å². The summed E-state index contributed by atoms with van der Waals surface area (Å²) in [5.41, 5.74) is 2.07. The number of halogens is 2. The van der Waals surface area contributed by atoms with Gasteiger partial charge in [0.15, 0.2) is 0 Å². The first kappa shape index (κ1) is 15.4. The van der Waals surface area contributed by atoms with E-state index >= 15 is 0 Å². The Bertz CT molecular complexity index is 824. The first-order valence-electron chi connectivity index (χ1n) is 7.00. The molecule has 23 heavy (non-hydrogen) atoms. The van der Waals surface area contributed by atoms with E-state index in [-0.39, 0.29) is 5.82 Å². The second-order valence-corrected chi connectivity index (χ2v) is 5.74. The SMILES string of the molecule is CNc1nc(Nc2ccc(Br)cc2F)cc(-c2ccccc2)n1. The lowest BCUT2D eigenvalue weighted by atomic mass is 10.1. The smallest absolute Gasteiger partial charge is 0.224 e. The number of hydrogen-bond donors (Lipinski definition) is 2. The Morgan fingerprint density at radius 2 is 1.78 bits per heavy atom. The molecule has 0 aliphatic carbocycles. The molecule has 0 unspecified atom stereocenters. The molecule has 0 bridgehead atoms. The third-order valence-corrected chi connectivity index (χ3v) is 3.71. The molecule has 116 valence electrons. The molecule has 0 aliphatic rings. The molecule has 0 aliphatic heterocycles. The number of nitrogens with one attached hydrogen (secondary N) is 2. The number of nitrogens with zero attached hydrogens (tertiary/aromatic N) is 2. The third-order valence-electron chi connectivity index (χ3n) is 3.21. The van der Waals surface area contributed by atoms with Crippen LogP contribution in [0.1, 0.15) is 0 Å². The topological polar surface area (TPSA) is 49.8 Å². The molecule has 0 radical (unpaired) electrons. The molecule has 3 rings (SSSR count). The summed E-state index contributed by atoms with van der Waals surface area (Å²) < 4.78 is 14.7. The van der Waals surface area contributed by atoms with Crippen LogP contribution in [0.5, 0.6) is 0 Å². The van der Waals surface area contributed by atoms with E-state index in [2.05, 4.69) is 36.5 Å². The Morgan fingerprint density at radius 1 is 1.00 bits per heavy atom. The fourth-order valence-electron chi connectivity index (χ4n) is 2.11. The predicted octanol–water partition coefficient (Wildman–Crippen LogP) is 4.83. The van der Waals surface area contributed by atoms with Gasteiger partial charge >= 0.3 is 0 Å². The summed E-state index contributed by atoms with van der Waals surface area (Å²) >= 11 is 3.24. The normalized spacial score (nSPS) is 10.4. The summed E-state index contributed by atoms with van der Waals surface area (Å²) in [7, 11) is 1.74. The summed E-state index contributed by atoms with van der Waals surface area (Å²) in [5, 5.41) is 5.92. The molecule has 4 nitrogen and oxygen atoms in total. The summed E-state index contributed by atoms with van der Waals surface area (Å²) in [4.78, 5) is 8.76. The van der Waals surface area contributed by atoms with Crippen LogP contribution in [0.25, 0.3) is 11.3 Å². The van der Waals surface area contributed by atoms with Gasteiger partial charge in [-0.05, 0) is 18.2 Å². The molecule has 0 amide bonds. The zero-order chi connectivity index (χ0) is 16.2. The van der Waals surface area contributed by atoms with E-state index in [0.717, 1.165) is 11.3 Å². The quantitative estimate of drug-likeness (QED) is 0.688. The first-order valence-corrected chi connectivity index (χ1v) is 7.79. The molecule has 0 atom stereocenters. The summed E-state index contributed by atoms with van der Waals surface area (Å²) in [6.07, 6.45) is 0. The fraction of sp³-hybridized carbons (Fsp3) is 0.0588. The van der Waals surface area contributed by atoms with Crippen LogP contribution in [0.4, 0.5) is 21.8 Å². The van der Waals surface area contributed by atoms with E-state index in [1.54, 1.807) is 25.2 Å². The van der Waals surface area contributed by atoms with E-state index in [9.17, 15) is 4.39 Å². The fourth-order valence-corrected chi connectivity index (χ4v) is 2.44. The van der Waals surface area contributed by atoms with Crippen LogP contribution in [0.3, 0.4) is 0 Å². The van der Waals surface area contributed by atoms with Gasteiger partial charge in [0, 0.05) is 23.2 Å². The van der Waals surface area contributed by atoms with Gasteiger partial charge in [-0.2, -0.15) is 4.98 Å². The van der Waals surface area contributed by atoms with Gasteiger partial charge in [-0.3, -0.25) is 0 Å². The Labute approximate surface area is 141 Å². The van der Waals surface area contributed by atoms with Crippen molar-refractivity contribution >= 4 is 33.4 Å². The Hall–Kier alpha value is -2.47. The maximum Gasteiger partial charge on any atom is 0.224 e. The molecule has 2 N–H and O–H groups in total. The van der Waals surface area contributed by atoms with Crippen molar-refractivity contribution in [2.45, 2.75) is 0 Å². The van der Waals surface area contributed by atoms with Gasteiger partial charge in [0.2, 0.25) is 5.95 Å². The van der Waals surface area contributed by atoms with E-state index in [0.29, 0.717) is 21.9 Å². The van der Waals surface area contributed by atoms with E-state index in [4.69, 9.17) is 0 Å². The molecule has 0 saturated carbocycles. The average Bonchev–Trinajstić information content (AvgIpc) is 2.58. The first-order chi connectivity index (χ1) is 11.2. The van der Waals surface area contributed by atoms with Crippen molar-refractivity contribution in [1.82, 2.24) is 9.97 Å². The lowest BCUT2D eigenvalue weighted by Crippen LogP contribution is -2.03. The van der Waals surface area contributed by atoms with Crippen LogP contribution in [0.2, 0.25) is 0 Å². The minimum Gasteiger partial charge on any atom is -0.357 e. The van der Waals surface area contributed by atoms with Crippen LogP contribution in [0, 0.1) is 5.82 Å². The lowest BCUT2D eigenvalue weighted by Gasteiger charge is -2.11. The molecule has 3 aromatic rings. The highest BCUT2D eigenvalue weighted by Crippen LogP contribution is 2.26. The van der Waals surface area contributed by atoms with Crippen molar-refractivity contribution in [3.8, 4) is 11.3 Å². The van der Waals surface area contributed by atoms with E-state index in [1.165, 1.54) is 6.07 Å². The maximum atomic E-state index is 14.0. The third kappa shape index (κ3) is 3.65. The molecular formula is C17H14BrFN4. The molecule has 2 aromatic carbocycles. The van der Waals surface area contributed by atoms with Gasteiger partial charge in [0.05, 0.1) is 11.4 Å². The van der Waals surface area contributed by atoms with E-state index < -0.39 is 0 Å². The lowest BCUT2D eigenvalue weighted by molar-refractivity contribution is 0.631. The predicted molar refractivity (Wildman–Crippen MR) is 94.4 cm³/mol. The second kappa shape index (κ2) is 6.75. The van der Waals surface area contributed by atoms with Crippen molar-refractivity contribution in [2.75, 3.05) is 17.7 Å². The maximum absolute atomic E-state index is 14.0. The Kier molecular flexibility index (Phi) is 4.52. The van der Waals surface area contributed by atoms with Crippen LogP contribution in [-0.2, 0) is 0 Å². The van der Waals surface area contributed by atoms with Crippen molar-refractivity contribution in [1.29, 1.82) is 0 Å². The number of rotatable bonds is 4. The molecule has 1 heterocycles. The minimum absolute atomic E-state index is 0.355. The molecular weight excluding hydrogens is 359 g/mol. The van der Waals surface area contributed by atoms with Gasteiger partial charge in [-0.25, -0.2) is 9.37 Å². The molecule has 6 heteroatoms.